The fourth-order valence-corrected chi connectivity index (χ4v) is 3.44. The molecule has 0 saturated heterocycles. The number of rotatable bonds is 7. The Morgan fingerprint density at radius 3 is 2.70 bits per heavy atom. The van der Waals surface area contributed by atoms with Gasteiger partial charge in [0.2, 0.25) is 5.91 Å². The van der Waals surface area contributed by atoms with Crippen molar-refractivity contribution in [3.05, 3.63) is 59.7 Å². The number of amides is 1. The molecule has 0 unspecified atom stereocenters. The van der Waals surface area contributed by atoms with Crippen LogP contribution in [0.1, 0.15) is 12.0 Å². The van der Waals surface area contributed by atoms with Gasteiger partial charge in [-0.15, -0.1) is 11.8 Å². The average molecular weight is 353 g/mol. The summed E-state index contributed by atoms with van der Waals surface area (Å²) in [6.45, 7) is 0. The molecule has 6 heteroatoms. The zero-order valence-corrected chi connectivity index (χ0v) is 14.3. The van der Waals surface area contributed by atoms with E-state index in [2.05, 4.69) is 5.32 Å². The van der Waals surface area contributed by atoms with Crippen LogP contribution in [0.15, 0.2) is 47.4 Å². The fourth-order valence-electron chi connectivity index (χ4n) is 1.97. The van der Waals surface area contributed by atoms with Crippen LogP contribution in [-0.4, -0.2) is 17.9 Å². The molecule has 2 rings (SSSR count). The summed E-state index contributed by atoms with van der Waals surface area (Å²) >= 11 is 2.97. The molecule has 0 bridgehead atoms. The summed E-state index contributed by atoms with van der Waals surface area (Å²) in [5.74, 6) is -0.840. The normalized spacial score (nSPS) is 10.6. The minimum absolute atomic E-state index is 0.0845. The number of hydrogen-bond acceptors (Lipinski definition) is 3. The lowest BCUT2D eigenvalue weighted by Crippen LogP contribution is -2.12. The van der Waals surface area contributed by atoms with Gasteiger partial charge in [0.25, 0.3) is 0 Å². The van der Waals surface area contributed by atoms with Crippen molar-refractivity contribution < 1.29 is 13.6 Å². The first-order valence-corrected chi connectivity index (χ1v) is 9.43. The van der Waals surface area contributed by atoms with Gasteiger partial charge in [-0.05, 0) is 24.5 Å². The minimum atomic E-state index is -0.838. The number of anilines is 1. The summed E-state index contributed by atoms with van der Waals surface area (Å²) in [5, 5.41) is 2.87. The molecule has 0 aliphatic rings. The SMILES string of the molecule is CSc1ccccc1NC(=O)CCSCc1cccc(F)c1F. The summed E-state index contributed by atoms with van der Waals surface area (Å²) < 4.78 is 26.6. The van der Waals surface area contributed by atoms with Gasteiger partial charge in [-0.25, -0.2) is 8.78 Å². The van der Waals surface area contributed by atoms with Gasteiger partial charge in [-0.1, -0.05) is 24.3 Å². The molecule has 0 spiro atoms. The van der Waals surface area contributed by atoms with E-state index in [1.807, 2.05) is 30.5 Å². The maximum atomic E-state index is 13.5. The van der Waals surface area contributed by atoms with Crippen molar-refractivity contribution in [3.63, 3.8) is 0 Å². The second-order valence-corrected chi connectivity index (χ2v) is 6.72. The van der Waals surface area contributed by atoms with Crippen LogP contribution in [0.4, 0.5) is 14.5 Å². The average Bonchev–Trinajstić information content (AvgIpc) is 2.55. The van der Waals surface area contributed by atoms with E-state index in [1.165, 1.54) is 17.8 Å². The molecule has 0 saturated carbocycles. The van der Waals surface area contributed by atoms with Crippen molar-refractivity contribution in [1.82, 2.24) is 0 Å². The van der Waals surface area contributed by atoms with Crippen LogP contribution in [-0.2, 0) is 10.5 Å². The summed E-state index contributed by atoms with van der Waals surface area (Å²) in [7, 11) is 0. The summed E-state index contributed by atoms with van der Waals surface area (Å²) in [6, 6.07) is 11.7. The second-order valence-electron chi connectivity index (χ2n) is 4.76. The van der Waals surface area contributed by atoms with E-state index in [-0.39, 0.29) is 5.91 Å². The van der Waals surface area contributed by atoms with E-state index >= 15 is 0 Å². The highest BCUT2D eigenvalue weighted by Gasteiger charge is 2.09. The molecule has 0 aliphatic carbocycles. The Bertz CT molecular complexity index is 679. The summed E-state index contributed by atoms with van der Waals surface area (Å²) in [4.78, 5) is 13.0. The lowest BCUT2D eigenvalue weighted by molar-refractivity contribution is -0.115. The van der Waals surface area contributed by atoms with Crippen LogP contribution in [0.25, 0.3) is 0 Å². The topological polar surface area (TPSA) is 29.1 Å². The van der Waals surface area contributed by atoms with E-state index in [0.717, 1.165) is 16.6 Å². The third-order valence-corrected chi connectivity index (χ3v) is 4.95. The number of nitrogens with one attached hydrogen (secondary N) is 1. The van der Waals surface area contributed by atoms with Crippen LogP contribution in [0.5, 0.6) is 0 Å². The number of carbonyl (C=O) groups is 1. The molecular weight excluding hydrogens is 336 g/mol. The number of halogens is 2. The molecule has 1 amide bonds. The molecule has 0 aromatic heterocycles. The van der Waals surface area contributed by atoms with Gasteiger partial charge in [0.1, 0.15) is 0 Å². The highest BCUT2D eigenvalue weighted by atomic mass is 32.2. The second kappa shape index (κ2) is 8.93. The van der Waals surface area contributed by atoms with E-state index in [9.17, 15) is 13.6 Å². The van der Waals surface area contributed by atoms with Gasteiger partial charge in [0, 0.05) is 28.4 Å². The zero-order valence-electron chi connectivity index (χ0n) is 12.6. The number of carbonyl (C=O) groups excluding carboxylic acids is 1. The highest BCUT2D eigenvalue weighted by molar-refractivity contribution is 7.98. The van der Waals surface area contributed by atoms with E-state index in [1.54, 1.807) is 17.8 Å². The molecule has 2 nitrogen and oxygen atoms in total. The predicted octanol–water partition coefficient (Wildman–Crippen LogP) is 4.95. The van der Waals surface area contributed by atoms with Crippen molar-refractivity contribution in [3.8, 4) is 0 Å². The lowest BCUT2D eigenvalue weighted by atomic mass is 10.2. The molecular formula is C17H17F2NOS2. The zero-order chi connectivity index (χ0) is 16.7. The van der Waals surface area contributed by atoms with Crippen LogP contribution in [0.3, 0.4) is 0 Å². The lowest BCUT2D eigenvalue weighted by Gasteiger charge is -2.09. The minimum Gasteiger partial charge on any atom is -0.325 e. The molecule has 0 aliphatic heterocycles. The predicted molar refractivity (Wildman–Crippen MR) is 94.0 cm³/mol. The van der Waals surface area contributed by atoms with Gasteiger partial charge in [-0.3, -0.25) is 4.79 Å². The Kier molecular flexibility index (Phi) is 6.92. The van der Waals surface area contributed by atoms with E-state index < -0.39 is 11.6 Å². The molecule has 122 valence electrons. The maximum Gasteiger partial charge on any atom is 0.225 e. The van der Waals surface area contributed by atoms with Crippen LogP contribution < -0.4 is 5.32 Å². The molecule has 2 aromatic carbocycles. The van der Waals surface area contributed by atoms with Crippen molar-refractivity contribution in [1.29, 1.82) is 0 Å². The van der Waals surface area contributed by atoms with Crippen LogP contribution in [0.2, 0.25) is 0 Å². The van der Waals surface area contributed by atoms with Gasteiger partial charge in [0.05, 0.1) is 5.69 Å². The fraction of sp³-hybridized carbons (Fsp3) is 0.235. The van der Waals surface area contributed by atoms with E-state index in [0.29, 0.717) is 23.5 Å². The van der Waals surface area contributed by atoms with Crippen molar-refractivity contribution in [2.45, 2.75) is 17.1 Å². The first-order valence-electron chi connectivity index (χ1n) is 7.05. The largest absolute Gasteiger partial charge is 0.325 e. The molecule has 23 heavy (non-hydrogen) atoms. The van der Waals surface area contributed by atoms with Gasteiger partial charge >= 0.3 is 0 Å². The Hall–Kier alpha value is -1.53. The third kappa shape index (κ3) is 5.25. The summed E-state index contributed by atoms with van der Waals surface area (Å²) in [5.41, 5.74) is 1.12. The van der Waals surface area contributed by atoms with Crippen molar-refractivity contribution in [2.75, 3.05) is 17.3 Å². The van der Waals surface area contributed by atoms with Gasteiger partial charge in [-0.2, -0.15) is 11.8 Å². The quantitative estimate of drug-likeness (QED) is 0.564. The first kappa shape index (κ1) is 17.8. The molecule has 0 heterocycles. The Morgan fingerprint density at radius 1 is 1.13 bits per heavy atom. The summed E-state index contributed by atoms with van der Waals surface area (Å²) in [6.07, 6.45) is 2.28. The smallest absolute Gasteiger partial charge is 0.225 e. The van der Waals surface area contributed by atoms with Crippen LogP contribution >= 0.6 is 23.5 Å². The number of benzene rings is 2. The monoisotopic (exact) mass is 353 g/mol. The Morgan fingerprint density at radius 2 is 1.91 bits per heavy atom. The number of hydrogen-bond donors (Lipinski definition) is 1. The maximum absolute atomic E-state index is 13.5. The first-order chi connectivity index (χ1) is 11.1. The number of thioether (sulfide) groups is 2. The van der Waals surface area contributed by atoms with Crippen molar-refractivity contribution in [2.24, 2.45) is 0 Å². The molecule has 2 aromatic rings. The van der Waals surface area contributed by atoms with Crippen LogP contribution in [0, 0.1) is 11.6 Å². The highest BCUT2D eigenvalue weighted by Crippen LogP contribution is 2.25. The Labute approximate surface area is 143 Å². The third-order valence-electron chi connectivity index (χ3n) is 3.14. The van der Waals surface area contributed by atoms with Gasteiger partial charge < -0.3 is 5.32 Å². The van der Waals surface area contributed by atoms with Gasteiger partial charge in [0.15, 0.2) is 11.6 Å². The number of para-hydroxylation sites is 1. The van der Waals surface area contributed by atoms with Crippen molar-refractivity contribution >= 4 is 35.1 Å². The Balaban J connectivity index is 1.78. The molecule has 1 N–H and O–H groups in total. The molecule has 0 atom stereocenters. The standard InChI is InChI=1S/C17H17F2NOS2/c1-22-15-8-3-2-7-14(15)20-16(21)9-10-23-11-12-5-4-6-13(18)17(12)19/h2-8H,9-11H2,1H3,(H,20,21). The molecule has 0 fully saturated rings. The van der Waals surface area contributed by atoms with E-state index in [4.69, 9.17) is 0 Å². The molecule has 0 radical (unpaired) electrons.